The molecule has 1 aromatic carbocycles. The predicted molar refractivity (Wildman–Crippen MR) is 69.4 cm³/mol. The molecule has 98 valence electrons. The van der Waals surface area contributed by atoms with E-state index in [0.29, 0.717) is 5.02 Å². The molecule has 18 heavy (non-hydrogen) atoms. The number of hydrogen-bond acceptors (Lipinski definition) is 2. The van der Waals surface area contributed by atoms with Gasteiger partial charge in [0.15, 0.2) is 0 Å². The van der Waals surface area contributed by atoms with Crippen LogP contribution in [0, 0.1) is 5.92 Å². The van der Waals surface area contributed by atoms with E-state index in [2.05, 4.69) is 5.32 Å². The number of nitrogens with one attached hydrogen (secondary N) is 1. The summed E-state index contributed by atoms with van der Waals surface area (Å²) in [6.07, 6.45) is -0.517. The van der Waals surface area contributed by atoms with Gasteiger partial charge < -0.3 is 10.4 Å². The Hall–Kier alpha value is -1.55. The summed E-state index contributed by atoms with van der Waals surface area (Å²) in [6.45, 7) is 3.92. The molecule has 0 saturated heterocycles. The summed E-state index contributed by atoms with van der Waals surface area (Å²) in [4.78, 5) is 22.0. The van der Waals surface area contributed by atoms with Crippen LogP contribution in [0.1, 0.15) is 31.9 Å². The zero-order valence-corrected chi connectivity index (χ0v) is 11.1. The van der Waals surface area contributed by atoms with E-state index in [4.69, 9.17) is 16.7 Å². The van der Waals surface area contributed by atoms with Gasteiger partial charge in [-0.05, 0) is 23.6 Å². The van der Waals surface area contributed by atoms with Gasteiger partial charge in [-0.25, -0.2) is 0 Å². The number of carbonyl (C=O) groups is 2. The van der Waals surface area contributed by atoms with Crippen molar-refractivity contribution in [2.75, 3.05) is 0 Å². The van der Waals surface area contributed by atoms with Crippen LogP contribution in [-0.4, -0.2) is 17.0 Å². The van der Waals surface area contributed by atoms with Crippen molar-refractivity contribution < 1.29 is 14.7 Å². The first-order chi connectivity index (χ1) is 8.40. The Labute approximate surface area is 111 Å². The second kappa shape index (κ2) is 6.40. The minimum atomic E-state index is -1.13. The third-order valence-electron chi connectivity index (χ3n) is 2.52. The summed E-state index contributed by atoms with van der Waals surface area (Å²) in [5.41, 5.74) is 0.910. The zero-order chi connectivity index (χ0) is 13.7. The van der Waals surface area contributed by atoms with Crippen molar-refractivity contribution in [3.8, 4) is 0 Å². The highest BCUT2D eigenvalue weighted by atomic mass is 35.5. The van der Waals surface area contributed by atoms with Gasteiger partial charge in [0.05, 0.1) is 6.04 Å². The molecule has 0 bridgehead atoms. The summed E-state index contributed by atoms with van der Waals surface area (Å²) in [7, 11) is 0. The summed E-state index contributed by atoms with van der Waals surface area (Å²) < 4.78 is 0. The Balaban J connectivity index is 2.80. The van der Waals surface area contributed by atoms with Crippen LogP contribution in [-0.2, 0) is 9.59 Å². The number of carboxylic acid groups (broad SMARTS) is 1. The summed E-state index contributed by atoms with van der Waals surface area (Å²) in [5.74, 6) is -1.47. The van der Waals surface area contributed by atoms with E-state index in [0.717, 1.165) is 5.56 Å². The molecule has 0 aliphatic heterocycles. The van der Waals surface area contributed by atoms with E-state index in [-0.39, 0.29) is 12.0 Å². The normalized spacial score (nSPS) is 12.2. The van der Waals surface area contributed by atoms with E-state index in [1.807, 2.05) is 26.0 Å². The first-order valence-corrected chi connectivity index (χ1v) is 6.04. The Morgan fingerprint density at radius 1 is 1.28 bits per heavy atom. The van der Waals surface area contributed by atoms with Crippen LogP contribution in [0.2, 0.25) is 5.02 Å². The lowest BCUT2D eigenvalue weighted by Crippen LogP contribution is -2.32. The van der Waals surface area contributed by atoms with Crippen LogP contribution in [0.4, 0.5) is 0 Å². The van der Waals surface area contributed by atoms with Crippen LogP contribution in [0.3, 0.4) is 0 Å². The van der Waals surface area contributed by atoms with Gasteiger partial charge in [0.1, 0.15) is 6.42 Å². The fourth-order valence-electron chi connectivity index (χ4n) is 1.67. The second-order valence-corrected chi connectivity index (χ2v) is 4.85. The van der Waals surface area contributed by atoms with Crippen LogP contribution in [0.5, 0.6) is 0 Å². The summed E-state index contributed by atoms with van der Waals surface area (Å²) >= 11 is 5.81. The minimum Gasteiger partial charge on any atom is -0.481 e. The van der Waals surface area contributed by atoms with Gasteiger partial charge in [-0.1, -0.05) is 37.6 Å². The van der Waals surface area contributed by atoms with Gasteiger partial charge >= 0.3 is 5.97 Å². The van der Waals surface area contributed by atoms with Crippen LogP contribution < -0.4 is 5.32 Å². The van der Waals surface area contributed by atoms with Crippen LogP contribution in [0.25, 0.3) is 0 Å². The van der Waals surface area contributed by atoms with Crippen molar-refractivity contribution in [3.05, 3.63) is 34.9 Å². The third kappa shape index (κ3) is 4.37. The highest BCUT2D eigenvalue weighted by Crippen LogP contribution is 2.23. The number of carbonyl (C=O) groups excluding carboxylic acids is 1. The first-order valence-electron chi connectivity index (χ1n) is 5.66. The molecule has 5 heteroatoms. The second-order valence-electron chi connectivity index (χ2n) is 4.41. The van der Waals surface area contributed by atoms with Crippen molar-refractivity contribution in [1.29, 1.82) is 0 Å². The summed E-state index contributed by atoms with van der Waals surface area (Å²) in [5, 5.41) is 11.9. The third-order valence-corrected chi connectivity index (χ3v) is 2.78. The van der Waals surface area contributed by atoms with Crippen LogP contribution >= 0.6 is 11.6 Å². The van der Waals surface area contributed by atoms with E-state index in [1.54, 1.807) is 12.1 Å². The largest absolute Gasteiger partial charge is 0.481 e. The quantitative estimate of drug-likeness (QED) is 0.808. The van der Waals surface area contributed by atoms with E-state index in [1.165, 1.54) is 0 Å². The van der Waals surface area contributed by atoms with Crippen LogP contribution in [0.15, 0.2) is 24.3 Å². The number of carboxylic acids is 1. The zero-order valence-electron chi connectivity index (χ0n) is 10.3. The fraction of sp³-hybridized carbons (Fsp3) is 0.385. The van der Waals surface area contributed by atoms with E-state index < -0.39 is 18.3 Å². The molecular weight excluding hydrogens is 254 g/mol. The van der Waals surface area contributed by atoms with Crippen molar-refractivity contribution >= 4 is 23.5 Å². The average Bonchev–Trinajstić information content (AvgIpc) is 2.26. The molecule has 2 N–H and O–H groups in total. The number of benzene rings is 1. The number of rotatable bonds is 5. The lowest BCUT2D eigenvalue weighted by molar-refractivity contribution is -0.141. The highest BCUT2D eigenvalue weighted by molar-refractivity contribution is 6.30. The van der Waals surface area contributed by atoms with E-state index >= 15 is 0 Å². The molecular formula is C13H16ClNO3. The summed E-state index contributed by atoms with van der Waals surface area (Å²) in [6, 6.07) is 6.93. The monoisotopic (exact) mass is 269 g/mol. The first kappa shape index (κ1) is 14.5. The SMILES string of the molecule is CC(C)C(NC(=O)CC(=O)O)c1ccc(Cl)cc1. The van der Waals surface area contributed by atoms with Crippen molar-refractivity contribution in [3.63, 3.8) is 0 Å². The molecule has 0 spiro atoms. The maximum atomic E-state index is 11.5. The highest BCUT2D eigenvalue weighted by Gasteiger charge is 2.19. The Morgan fingerprint density at radius 2 is 1.83 bits per heavy atom. The standard InChI is InChI=1S/C13H16ClNO3/c1-8(2)13(15-11(16)7-12(17)18)9-3-5-10(14)6-4-9/h3-6,8,13H,7H2,1-2H3,(H,15,16)(H,17,18). The maximum Gasteiger partial charge on any atom is 0.312 e. The molecule has 1 atom stereocenters. The van der Waals surface area contributed by atoms with Gasteiger partial charge in [0, 0.05) is 5.02 Å². The van der Waals surface area contributed by atoms with Gasteiger partial charge in [-0.15, -0.1) is 0 Å². The molecule has 0 heterocycles. The smallest absolute Gasteiger partial charge is 0.312 e. The molecule has 1 aromatic rings. The van der Waals surface area contributed by atoms with Crippen molar-refractivity contribution in [2.24, 2.45) is 5.92 Å². The lowest BCUT2D eigenvalue weighted by Gasteiger charge is -2.22. The van der Waals surface area contributed by atoms with Gasteiger partial charge in [0.2, 0.25) is 5.91 Å². The number of amides is 1. The fourth-order valence-corrected chi connectivity index (χ4v) is 1.79. The molecule has 0 aliphatic carbocycles. The molecule has 1 rings (SSSR count). The maximum absolute atomic E-state index is 11.5. The number of halogens is 1. The molecule has 0 fully saturated rings. The molecule has 0 saturated carbocycles. The molecule has 1 amide bonds. The molecule has 0 aromatic heterocycles. The Kier molecular flexibility index (Phi) is 5.16. The molecule has 4 nitrogen and oxygen atoms in total. The topological polar surface area (TPSA) is 66.4 Å². The van der Waals surface area contributed by atoms with Crippen molar-refractivity contribution in [2.45, 2.75) is 26.3 Å². The van der Waals surface area contributed by atoms with Gasteiger partial charge in [0.25, 0.3) is 0 Å². The average molecular weight is 270 g/mol. The predicted octanol–water partition coefficient (Wildman–Crippen LogP) is 2.63. The Bertz CT molecular complexity index is 428. The van der Waals surface area contributed by atoms with E-state index in [9.17, 15) is 9.59 Å². The van der Waals surface area contributed by atoms with Gasteiger partial charge in [-0.2, -0.15) is 0 Å². The van der Waals surface area contributed by atoms with Crippen molar-refractivity contribution in [1.82, 2.24) is 5.32 Å². The van der Waals surface area contributed by atoms with Gasteiger partial charge in [-0.3, -0.25) is 9.59 Å². The molecule has 0 aliphatic rings. The minimum absolute atomic E-state index is 0.156. The number of hydrogen-bond donors (Lipinski definition) is 2. The lowest BCUT2D eigenvalue weighted by atomic mass is 9.96. The number of aliphatic carboxylic acids is 1. The molecule has 1 unspecified atom stereocenters. The Morgan fingerprint density at radius 3 is 2.28 bits per heavy atom. The molecule has 0 radical (unpaired) electrons.